The molecule has 0 aliphatic carbocycles. The van der Waals surface area contributed by atoms with Crippen molar-refractivity contribution in [3.63, 3.8) is 0 Å². The lowest BCUT2D eigenvalue weighted by molar-refractivity contribution is -0.0157. The largest absolute Gasteiger partial charge is 0.378 e. The van der Waals surface area contributed by atoms with Gasteiger partial charge in [-0.1, -0.05) is 0 Å². The molecule has 1 unspecified atom stereocenters. The fraction of sp³-hybridized carbons (Fsp3) is 1.00. The molecule has 0 radical (unpaired) electrons. The molecule has 1 aliphatic rings. The summed E-state index contributed by atoms with van der Waals surface area (Å²) in [5.74, 6) is 0. The molecule has 1 aliphatic heterocycles. The Kier molecular flexibility index (Phi) is 3.91. The van der Waals surface area contributed by atoms with Crippen molar-refractivity contribution in [1.29, 1.82) is 0 Å². The van der Waals surface area contributed by atoms with Crippen LogP contribution >= 0.6 is 0 Å². The number of rotatable bonds is 5. The number of nitrogens with one attached hydrogen (secondary N) is 1. The van der Waals surface area contributed by atoms with Crippen LogP contribution in [0.4, 0.5) is 4.39 Å². The summed E-state index contributed by atoms with van der Waals surface area (Å²) in [7, 11) is 1.67. The van der Waals surface area contributed by atoms with Crippen LogP contribution in [0.2, 0.25) is 0 Å². The van der Waals surface area contributed by atoms with E-state index in [1.807, 2.05) is 0 Å². The van der Waals surface area contributed by atoms with Gasteiger partial charge in [0.25, 0.3) is 0 Å². The van der Waals surface area contributed by atoms with Crippen molar-refractivity contribution in [3.05, 3.63) is 0 Å². The van der Waals surface area contributed by atoms with Crippen molar-refractivity contribution in [2.45, 2.75) is 12.0 Å². The first-order chi connectivity index (χ1) is 5.83. The zero-order valence-corrected chi connectivity index (χ0v) is 7.44. The molecule has 1 saturated heterocycles. The minimum Gasteiger partial charge on any atom is -0.378 e. The van der Waals surface area contributed by atoms with Crippen LogP contribution in [0, 0.1) is 0 Å². The molecular weight excluding hydrogens is 161 g/mol. The van der Waals surface area contributed by atoms with Gasteiger partial charge in [-0.05, 0) is 0 Å². The third-order valence-corrected chi connectivity index (χ3v) is 2.22. The van der Waals surface area contributed by atoms with E-state index < -0.39 is 0 Å². The van der Waals surface area contributed by atoms with E-state index in [0.717, 1.165) is 13.0 Å². The summed E-state index contributed by atoms with van der Waals surface area (Å²) in [5.41, 5.74) is -0.213. The van der Waals surface area contributed by atoms with E-state index in [-0.39, 0.29) is 12.3 Å². The maximum atomic E-state index is 11.8. The van der Waals surface area contributed by atoms with Gasteiger partial charge in [0.1, 0.15) is 12.3 Å². The van der Waals surface area contributed by atoms with Crippen LogP contribution in [0.1, 0.15) is 6.42 Å². The molecule has 0 bridgehead atoms. The lowest BCUT2D eigenvalue weighted by Gasteiger charge is -2.25. The highest BCUT2D eigenvalue weighted by molar-refractivity contribution is 4.86. The predicted molar refractivity (Wildman–Crippen MR) is 44.0 cm³/mol. The fourth-order valence-electron chi connectivity index (χ4n) is 1.34. The number of ether oxygens (including phenoxy) is 2. The van der Waals surface area contributed by atoms with Crippen molar-refractivity contribution in [2.75, 3.05) is 40.1 Å². The van der Waals surface area contributed by atoms with Gasteiger partial charge in [-0.25, -0.2) is 4.39 Å². The van der Waals surface area contributed by atoms with Gasteiger partial charge in [-0.3, -0.25) is 0 Å². The minimum atomic E-state index is -0.333. The number of hydrogen-bond donors (Lipinski definition) is 1. The van der Waals surface area contributed by atoms with Gasteiger partial charge in [-0.15, -0.1) is 0 Å². The van der Waals surface area contributed by atoms with Crippen molar-refractivity contribution in [1.82, 2.24) is 5.32 Å². The quantitative estimate of drug-likeness (QED) is 0.615. The smallest absolute Gasteiger partial charge is 0.106 e. The predicted octanol–water partition coefficient (Wildman–Crippen LogP) is 0.351. The molecule has 1 atom stereocenters. The van der Waals surface area contributed by atoms with Gasteiger partial charge in [0.05, 0.1) is 6.61 Å². The first-order valence-electron chi connectivity index (χ1n) is 4.22. The molecule has 72 valence electrons. The number of halogens is 1. The maximum absolute atomic E-state index is 11.8. The molecule has 0 aromatic heterocycles. The highest BCUT2D eigenvalue weighted by Gasteiger charge is 2.34. The Hall–Kier alpha value is -0.190. The van der Waals surface area contributed by atoms with Gasteiger partial charge in [-0.2, -0.15) is 0 Å². The van der Waals surface area contributed by atoms with Gasteiger partial charge in [0.2, 0.25) is 0 Å². The van der Waals surface area contributed by atoms with Gasteiger partial charge >= 0.3 is 0 Å². The van der Waals surface area contributed by atoms with E-state index in [1.54, 1.807) is 7.11 Å². The minimum absolute atomic E-state index is 0.213. The highest BCUT2D eigenvalue weighted by Crippen LogP contribution is 2.21. The van der Waals surface area contributed by atoms with Gasteiger partial charge < -0.3 is 14.8 Å². The van der Waals surface area contributed by atoms with Crippen molar-refractivity contribution < 1.29 is 13.9 Å². The molecule has 0 spiro atoms. The Morgan fingerprint density at radius 2 is 2.50 bits per heavy atom. The van der Waals surface area contributed by atoms with E-state index in [0.29, 0.717) is 19.7 Å². The summed E-state index contributed by atoms with van der Waals surface area (Å²) >= 11 is 0. The third-order valence-electron chi connectivity index (χ3n) is 2.22. The second-order valence-electron chi connectivity index (χ2n) is 3.06. The summed E-state index contributed by atoms with van der Waals surface area (Å²) in [6, 6.07) is 0. The molecule has 3 nitrogen and oxygen atoms in total. The molecule has 0 saturated carbocycles. The first-order valence-corrected chi connectivity index (χ1v) is 4.22. The van der Waals surface area contributed by atoms with Crippen LogP contribution in [0.5, 0.6) is 0 Å². The number of hydrogen-bond acceptors (Lipinski definition) is 3. The maximum Gasteiger partial charge on any atom is 0.106 e. The van der Waals surface area contributed by atoms with E-state index in [9.17, 15) is 4.39 Å². The molecule has 1 heterocycles. The second kappa shape index (κ2) is 4.74. The van der Waals surface area contributed by atoms with Gasteiger partial charge in [0.15, 0.2) is 0 Å². The molecule has 1 fully saturated rings. The Morgan fingerprint density at radius 3 is 3.00 bits per heavy atom. The van der Waals surface area contributed by atoms with Crippen LogP contribution in [0.25, 0.3) is 0 Å². The van der Waals surface area contributed by atoms with Crippen LogP contribution in [0.15, 0.2) is 0 Å². The van der Waals surface area contributed by atoms with Crippen LogP contribution < -0.4 is 5.32 Å². The topological polar surface area (TPSA) is 30.5 Å². The van der Waals surface area contributed by atoms with Crippen molar-refractivity contribution in [2.24, 2.45) is 0 Å². The molecule has 0 aromatic carbocycles. The second-order valence-corrected chi connectivity index (χ2v) is 3.06. The van der Waals surface area contributed by atoms with E-state index in [1.165, 1.54) is 0 Å². The molecular formula is C8H16FNO2. The summed E-state index contributed by atoms with van der Waals surface area (Å²) in [5, 5.41) is 2.99. The lowest BCUT2D eigenvalue weighted by atomic mass is 10.0. The summed E-state index contributed by atoms with van der Waals surface area (Å²) < 4.78 is 22.3. The normalized spacial score (nSPS) is 29.5. The summed E-state index contributed by atoms with van der Waals surface area (Å²) in [6.07, 6.45) is 0.892. The standard InChI is InChI=1S/C8H16FNO2/c1-11-8(2-5-12-7-8)6-10-4-3-9/h10H,2-7H2,1H3. The molecule has 4 heteroatoms. The Morgan fingerprint density at radius 1 is 1.67 bits per heavy atom. The average molecular weight is 177 g/mol. The van der Waals surface area contributed by atoms with E-state index in [4.69, 9.17) is 9.47 Å². The van der Waals surface area contributed by atoms with Crippen LogP contribution in [-0.2, 0) is 9.47 Å². The molecule has 0 amide bonds. The number of methoxy groups -OCH3 is 1. The summed E-state index contributed by atoms with van der Waals surface area (Å²) in [4.78, 5) is 0. The average Bonchev–Trinajstić information content (AvgIpc) is 2.55. The first kappa shape index (κ1) is 9.89. The summed E-state index contributed by atoms with van der Waals surface area (Å²) in [6.45, 7) is 2.09. The SMILES string of the molecule is COC1(CNCCF)CCOC1. The van der Waals surface area contributed by atoms with Crippen molar-refractivity contribution >= 4 is 0 Å². The monoisotopic (exact) mass is 177 g/mol. The zero-order valence-electron chi connectivity index (χ0n) is 7.44. The van der Waals surface area contributed by atoms with Gasteiger partial charge in [0, 0.05) is 33.2 Å². The Balaban J connectivity index is 2.24. The Labute approximate surface area is 72.2 Å². The van der Waals surface area contributed by atoms with Crippen LogP contribution in [0.3, 0.4) is 0 Å². The molecule has 0 aromatic rings. The lowest BCUT2D eigenvalue weighted by Crippen LogP contribution is -2.43. The highest BCUT2D eigenvalue weighted by atomic mass is 19.1. The fourth-order valence-corrected chi connectivity index (χ4v) is 1.34. The van der Waals surface area contributed by atoms with E-state index in [2.05, 4.69) is 5.32 Å². The van der Waals surface area contributed by atoms with E-state index >= 15 is 0 Å². The Bertz CT molecular complexity index is 126. The number of alkyl halides is 1. The molecule has 1 rings (SSSR count). The molecule has 1 N–H and O–H groups in total. The zero-order chi connectivity index (χ0) is 8.86. The third kappa shape index (κ3) is 2.40. The van der Waals surface area contributed by atoms with Crippen molar-refractivity contribution in [3.8, 4) is 0 Å². The van der Waals surface area contributed by atoms with Crippen LogP contribution in [-0.4, -0.2) is 45.7 Å². The molecule has 12 heavy (non-hydrogen) atoms.